The molecule has 1 saturated heterocycles. The van der Waals surface area contributed by atoms with E-state index in [1.54, 1.807) is 0 Å². The first-order valence-electron chi connectivity index (χ1n) is 6.91. The highest BCUT2D eigenvalue weighted by Gasteiger charge is 2.36. The van der Waals surface area contributed by atoms with Crippen LogP contribution < -0.4 is 11.3 Å². The first kappa shape index (κ1) is 14.5. The van der Waals surface area contributed by atoms with Crippen LogP contribution in [-0.2, 0) is 4.74 Å². The highest BCUT2D eigenvalue weighted by molar-refractivity contribution is 5.26. The summed E-state index contributed by atoms with van der Waals surface area (Å²) >= 11 is 0. The van der Waals surface area contributed by atoms with Gasteiger partial charge in [0, 0.05) is 18.6 Å². The van der Waals surface area contributed by atoms with Gasteiger partial charge in [-0.2, -0.15) is 0 Å². The summed E-state index contributed by atoms with van der Waals surface area (Å²) in [5, 5.41) is 0. The molecule has 0 radical (unpaired) electrons. The molecule has 1 heterocycles. The fourth-order valence-electron chi connectivity index (χ4n) is 2.79. The Labute approximate surface area is 115 Å². The van der Waals surface area contributed by atoms with Gasteiger partial charge in [-0.1, -0.05) is 29.8 Å². The summed E-state index contributed by atoms with van der Waals surface area (Å²) in [6.45, 7) is 10.1. The van der Waals surface area contributed by atoms with Crippen LogP contribution in [0.25, 0.3) is 0 Å². The summed E-state index contributed by atoms with van der Waals surface area (Å²) in [6, 6.07) is 8.68. The number of morpholine rings is 1. The van der Waals surface area contributed by atoms with Crippen molar-refractivity contribution < 1.29 is 4.74 Å². The van der Waals surface area contributed by atoms with Gasteiger partial charge >= 0.3 is 0 Å². The largest absolute Gasteiger partial charge is 0.379 e. The Morgan fingerprint density at radius 2 is 1.79 bits per heavy atom. The zero-order valence-corrected chi connectivity index (χ0v) is 12.1. The Morgan fingerprint density at radius 3 is 2.32 bits per heavy atom. The first-order valence-corrected chi connectivity index (χ1v) is 6.91. The molecule has 1 aliphatic rings. The van der Waals surface area contributed by atoms with Crippen molar-refractivity contribution in [2.45, 2.75) is 32.4 Å². The standard InChI is InChI=1S/C15H25N3O/c1-12-4-6-13(7-5-12)14(17-16)15(2,3)18-8-10-19-11-9-18/h4-7,14,17H,8-11,16H2,1-3H3. The molecule has 0 saturated carbocycles. The lowest BCUT2D eigenvalue weighted by Crippen LogP contribution is -2.57. The lowest BCUT2D eigenvalue weighted by molar-refractivity contribution is -0.0238. The molecule has 106 valence electrons. The smallest absolute Gasteiger partial charge is 0.0638 e. The first-order chi connectivity index (χ1) is 9.05. The molecule has 3 N–H and O–H groups in total. The van der Waals surface area contributed by atoms with Gasteiger partial charge in [-0.25, -0.2) is 0 Å². The molecule has 1 unspecified atom stereocenters. The third kappa shape index (κ3) is 3.15. The van der Waals surface area contributed by atoms with Crippen LogP contribution in [0.4, 0.5) is 0 Å². The predicted molar refractivity (Wildman–Crippen MR) is 77.7 cm³/mol. The molecule has 19 heavy (non-hydrogen) atoms. The van der Waals surface area contributed by atoms with E-state index < -0.39 is 0 Å². The van der Waals surface area contributed by atoms with Gasteiger partial charge in [-0.3, -0.25) is 16.2 Å². The van der Waals surface area contributed by atoms with E-state index in [4.69, 9.17) is 10.6 Å². The topological polar surface area (TPSA) is 50.5 Å². The highest BCUT2D eigenvalue weighted by Crippen LogP contribution is 2.31. The summed E-state index contributed by atoms with van der Waals surface area (Å²) < 4.78 is 5.44. The van der Waals surface area contributed by atoms with Gasteiger partial charge in [0.25, 0.3) is 0 Å². The number of nitrogens with one attached hydrogen (secondary N) is 1. The second-order valence-electron chi connectivity index (χ2n) is 5.76. The third-order valence-corrected chi connectivity index (χ3v) is 4.11. The molecular formula is C15H25N3O. The van der Waals surface area contributed by atoms with Crippen molar-refractivity contribution in [3.63, 3.8) is 0 Å². The molecule has 1 aromatic rings. The Balaban J connectivity index is 2.21. The summed E-state index contributed by atoms with van der Waals surface area (Å²) in [5.74, 6) is 5.83. The van der Waals surface area contributed by atoms with Crippen LogP contribution in [0.1, 0.15) is 31.0 Å². The summed E-state index contributed by atoms with van der Waals surface area (Å²) in [4.78, 5) is 2.45. The van der Waals surface area contributed by atoms with Crippen LogP contribution in [0.5, 0.6) is 0 Å². The fraction of sp³-hybridized carbons (Fsp3) is 0.600. The molecule has 4 nitrogen and oxygen atoms in total. The number of hydrogen-bond acceptors (Lipinski definition) is 4. The van der Waals surface area contributed by atoms with E-state index in [9.17, 15) is 0 Å². The number of aryl methyl sites for hydroxylation is 1. The van der Waals surface area contributed by atoms with Crippen molar-refractivity contribution in [2.75, 3.05) is 26.3 Å². The minimum absolute atomic E-state index is 0.0478. The van der Waals surface area contributed by atoms with E-state index >= 15 is 0 Å². The van der Waals surface area contributed by atoms with E-state index in [0.29, 0.717) is 0 Å². The number of ether oxygens (including phenoxy) is 1. The monoisotopic (exact) mass is 263 g/mol. The van der Waals surface area contributed by atoms with Gasteiger partial charge in [0.1, 0.15) is 0 Å². The van der Waals surface area contributed by atoms with E-state index in [1.165, 1.54) is 11.1 Å². The van der Waals surface area contributed by atoms with Crippen LogP contribution in [0.2, 0.25) is 0 Å². The molecule has 0 amide bonds. The van der Waals surface area contributed by atoms with Crippen molar-refractivity contribution >= 4 is 0 Å². The fourth-order valence-corrected chi connectivity index (χ4v) is 2.79. The predicted octanol–water partition coefficient (Wildman–Crippen LogP) is 1.61. The molecule has 1 fully saturated rings. The van der Waals surface area contributed by atoms with Crippen molar-refractivity contribution in [1.82, 2.24) is 10.3 Å². The maximum absolute atomic E-state index is 5.83. The van der Waals surface area contributed by atoms with Gasteiger partial charge in [-0.15, -0.1) is 0 Å². The van der Waals surface area contributed by atoms with Crippen LogP contribution >= 0.6 is 0 Å². The Morgan fingerprint density at radius 1 is 1.21 bits per heavy atom. The minimum atomic E-state index is -0.0478. The molecule has 2 rings (SSSR count). The van der Waals surface area contributed by atoms with Crippen LogP contribution in [0.3, 0.4) is 0 Å². The molecule has 4 heteroatoms. The maximum atomic E-state index is 5.83. The molecular weight excluding hydrogens is 238 g/mol. The zero-order chi connectivity index (χ0) is 13.9. The Kier molecular flexibility index (Phi) is 4.58. The van der Waals surface area contributed by atoms with Gasteiger partial charge in [0.15, 0.2) is 0 Å². The molecule has 0 spiro atoms. The third-order valence-electron chi connectivity index (χ3n) is 4.11. The van der Waals surface area contributed by atoms with Crippen LogP contribution in [-0.4, -0.2) is 36.7 Å². The molecule has 0 bridgehead atoms. The highest BCUT2D eigenvalue weighted by atomic mass is 16.5. The van der Waals surface area contributed by atoms with Crippen molar-refractivity contribution in [2.24, 2.45) is 5.84 Å². The van der Waals surface area contributed by atoms with E-state index in [0.717, 1.165) is 26.3 Å². The number of hydrazine groups is 1. The normalized spacial score (nSPS) is 19.4. The Bertz CT molecular complexity index is 396. The number of nitrogens with two attached hydrogens (primary N) is 1. The van der Waals surface area contributed by atoms with Gasteiger partial charge in [0.2, 0.25) is 0 Å². The Hall–Kier alpha value is -0.940. The average molecular weight is 263 g/mol. The van der Waals surface area contributed by atoms with Crippen molar-refractivity contribution in [1.29, 1.82) is 0 Å². The second-order valence-corrected chi connectivity index (χ2v) is 5.76. The summed E-state index contributed by atoms with van der Waals surface area (Å²) in [5.41, 5.74) is 5.44. The van der Waals surface area contributed by atoms with Crippen LogP contribution in [0.15, 0.2) is 24.3 Å². The maximum Gasteiger partial charge on any atom is 0.0638 e. The average Bonchev–Trinajstić information content (AvgIpc) is 2.42. The SMILES string of the molecule is Cc1ccc(C(NN)C(C)(C)N2CCOCC2)cc1. The second kappa shape index (κ2) is 6.01. The van der Waals surface area contributed by atoms with E-state index in [2.05, 4.69) is 55.4 Å². The molecule has 1 aromatic carbocycles. The van der Waals surface area contributed by atoms with Crippen LogP contribution in [0, 0.1) is 6.92 Å². The minimum Gasteiger partial charge on any atom is -0.379 e. The number of benzene rings is 1. The lowest BCUT2D eigenvalue weighted by atomic mass is 9.86. The molecule has 0 aliphatic carbocycles. The molecule has 1 aliphatic heterocycles. The van der Waals surface area contributed by atoms with Gasteiger partial charge in [0.05, 0.1) is 19.3 Å². The van der Waals surface area contributed by atoms with E-state index in [1.807, 2.05) is 0 Å². The summed E-state index contributed by atoms with van der Waals surface area (Å²) in [6.07, 6.45) is 0. The number of nitrogens with zero attached hydrogens (tertiary/aromatic N) is 1. The zero-order valence-electron chi connectivity index (χ0n) is 12.1. The van der Waals surface area contributed by atoms with Gasteiger partial charge in [-0.05, 0) is 26.3 Å². The molecule has 0 aromatic heterocycles. The van der Waals surface area contributed by atoms with Crippen molar-refractivity contribution in [3.8, 4) is 0 Å². The van der Waals surface area contributed by atoms with Crippen molar-refractivity contribution in [3.05, 3.63) is 35.4 Å². The van der Waals surface area contributed by atoms with Gasteiger partial charge < -0.3 is 4.74 Å². The lowest BCUT2D eigenvalue weighted by Gasteiger charge is -2.45. The van der Waals surface area contributed by atoms with E-state index in [-0.39, 0.29) is 11.6 Å². The summed E-state index contributed by atoms with van der Waals surface area (Å²) in [7, 11) is 0. The quantitative estimate of drug-likeness (QED) is 0.640. The number of hydrogen-bond donors (Lipinski definition) is 2. The molecule has 1 atom stereocenters. The number of rotatable bonds is 4.